The van der Waals surface area contributed by atoms with Gasteiger partial charge in [-0.2, -0.15) is 0 Å². The first kappa shape index (κ1) is 4.84. The van der Waals surface area contributed by atoms with Crippen LogP contribution in [0.4, 0.5) is 4.39 Å². The summed E-state index contributed by atoms with van der Waals surface area (Å²) in [7, 11) is 0. The minimum Gasteiger partial charge on any atom is -0.454 e. The zero-order valence-electron chi connectivity index (χ0n) is 3.32. The van der Waals surface area contributed by atoms with E-state index in [0.29, 0.717) is 0 Å². The molecular weight excluding hydrogens is 163 g/mol. The highest BCUT2D eigenvalue weighted by molar-refractivity contribution is 9.10. The first-order valence-electron chi connectivity index (χ1n) is 1.69. The molecule has 0 saturated carbocycles. The lowest BCUT2D eigenvalue weighted by molar-refractivity contribution is 0.504. The van der Waals surface area contributed by atoms with Crippen LogP contribution in [0.5, 0.6) is 0 Å². The van der Waals surface area contributed by atoms with Crippen molar-refractivity contribution in [3.63, 3.8) is 0 Å². The summed E-state index contributed by atoms with van der Waals surface area (Å²) >= 11 is 2.82. The molecule has 0 unspecified atom stereocenters. The van der Waals surface area contributed by atoms with Gasteiger partial charge in [0.1, 0.15) is 0 Å². The molecule has 7 heavy (non-hydrogen) atoms. The summed E-state index contributed by atoms with van der Waals surface area (Å²) in [5.74, 6) is -0.361. The van der Waals surface area contributed by atoms with E-state index in [4.69, 9.17) is 0 Å². The van der Waals surface area contributed by atoms with Crippen LogP contribution in [0.15, 0.2) is 21.4 Å². The van der Waals surface area contributed by atoms with Gasteiger partial charge in [-0.25, -0.2) is 4.39 Å². The third-order valence-corrected chi connectivity index (χ3v) is 1.14. The molecule has 0 aliphatic rings. The van der Waals surface area contributed by atoms with Crippen molar-refractivity contribution in [3.05, 3.63) is 22.8 Å². The summed E-state index contributed by atoms with van der Waals surface area (Å²) in [5, 5.41) is 0. The highest BCUT2D eigenvalue weighted by atomic mass is 79.9. The van der Waals surface area contributed by atoms with E-state index in [9.17, 15) is 4.39 Å². The SMILES string of the molecule is Fc1ccoc1Br. The Morgan fingerprint density at radius 3 is 2.57 bits per heavy atom. The van der Waals surface area contributed by atoms with E-state index in [1.807, 2.05) is 0 Å². The predicted octanol–water partition coefficient (Wildman–Crippen LogP) is 2.18. The van der Waals surface area contributed by atoms with E-state index >= 15 is 0 Å². The summed E-state index contributed by atoms with van der Waals surface area (Å²) < 4.78 is 16.6. The fourth-order valence-electron chi connectivity index (χ4n) is 0.275. The average molecular weight is 165 g/mol. The van der Waals surface area contributed by atoms with E-state index in [-0.39, 0.29) is 10.5 Å². The van der Waals surface area contributed by atoms with Gasteiger partial charge >= 0.3 is 0 Å². The van der Waals surface area contributed by atoms with Crippen LogP contribution in [0.1, 0.15) is 0 Å². The molecule has 0 amide bonds. The van der Waals surface area contributed by atoms with Crippen LogP contribution in [-0.4, -0.2) is 0 Å². The molecule has 0 bridgehead atoms. The Labute approximate surface area is 48.3 Å². The van der Waals surface area contributed by atoms with E-state index in [1.54, 1.807) is 0 Å². The van der Waals surface area contributed by atoms with Gasteiger partial charge in [-0.3, -0.25) is 0 Å². The predicted molar refractivity (Wildman–Crippen MR) is 26.4 cm³/mol. The summed E-state index contributed by atoms with van der Waals surface area (Å²) in [5.41, 5.74) is 0. The molecule has 1 heterocycles. The largest absolute Gasteiger partial charge is 0.454 e. The first-order valence-corrected chi connectivity index (χ1v) is 2.48. The van der Waals surface area contributed by atoms with Crippen molar-refractivity contribution >= 4 is 15.9 Å². The van der Waals surface area contributed by atoms with Gasteiger partial charge < -0.3 is 4.42 Å². The van der Waals surface area contributed by atoms with Crippen LogP contribution in [0.2, 0.25) is 0 Å². The van der Waals surface area contributed by atoms with Crippen LogP contribution in [0.3, 0.4) is 0 Å². The van der Waals surface area contributed by atoms with Crippen molar-refractivity contribution < 1.29 is 8.81 Å². The van der Waals surface area contributed by atoms with Crippen LogP contribution < -0.4 is 0 Å². The second-order valence-corrected chi connectivity index (χ2v) is 1.76. The highest BCUT2D eigenvalue weighted by Gasteiger charge is 1.96. The van der Waals surface area contributed by atoms with Crippen LogP contribution in [0.25, 0.3) is 0 Å². The maximum absolute atomic E-state index is 11.9. The average Bonchev–Trinajstić information content (AvgIpc) is 1.91. The lowest BCUT2D eigenvalue weighted by Crippen LogP contribution is -1.57. The summed E-state index contributed by atoms with van der Waals surface area (Å²) in [6, 6.07) is 1.24. The minimum absolute atomic E-state index is 0.160. The van der Waals surface area contributed by atoms with Gasteiger partial charge in [0, 0.05) is 6.07 Å². The second kappa shape index (κ2) is 1.66. The topological polar surface area (TPSA) is 13.1 Å². The Morgan fingerprint density at radius 1 is 1.71 bits per heavy atom. The van der Waals surface area contributed by atoms with Crippen molar-refractivity contribution in [1.29, 1.82) is 0 Å². The van der Waals surface area contributed by atoms with Gasteiger partial charge in [0.25, 0.3) is 0 Å². The van der Waals surface area contributed by atoms with Crippen LogP contribution in [-0.2, 0) is 0 Å². The van der Waals surface area contributed by atoms with Crippen LogP contribution in [0, 0.1) is 5.82 Å². The third kappa shape index (κ3) is 0.825. The Morgan fingerprint density at radius 2 is 2.43 bits per heavy atom. The molecule has 1 aromatic rings. The molecule has 0 aliphatic heterocycles. The Hall–Kier alpha value is -0.310. The zero-order chi connectivity index (χ0) is 5.28. The molecule has 38 valence electrons. The van der Waals surface area contributed by atoms with Crippen LogP contribution >= 0.6 is 15.9 Å². The molecule has 0 fully saturated rings. The molecule has 0 radical (unpaired) electrons. The summed E-state index contributed by atoms with van der Waals surface area (Å²) in [6.45, 7) is 0. The number of rotatable bonds is 0. The molecule has 0 atom stereocenters. The second-order valence-electron chi connectivity index (χ2n) is 1.04. The summed E-state index contributed by atoms with van der Waals surface area (Å²) in [6.07, 6.45) is 1.28. The lowest BCUT2D eigenvalue weighted by Gasteiger charge is -1.72. The first-order chi connectivity index (χ1) is 3.30. The molecule has 1 rings (SSSR count). The molecule has 0 aliphatic carbocycles. The molecule has 0 saturated heterocycles. The van der Waals surface area contributed by atoms with Gasteiger partial charge in [0.15, 0.2) is 5.82 Å². The quantitative estimate of drug-likeness (QED) is 0.574. The fourth-order valence-corrected chi connectivity index (χ4v) is 0.515. The molecule has 0 N–H and O–H groups in total. The van der Waals surface area contributed by atoms with E-state index in [1.165, 1.54) is 12.3 Å². The number of halogens is 2. The lowest BCUT2D eigenvalue weighted by atomic mass is 10.6. The molecule has 1 nitrogen and oxygen atoms in total. The van der Waals surface area contributed by atoms with Gasteiger partial charge in [0.05, 0.1) is 6.26 Å². The van der Waals surface area contributed by atoms with Gasteiger partial charge in [-0.05, 0) is 15.9 Å². The smallest absolute Gasteiger partial charge is 0.204 e. The molecule has 3 heteroatoms. The molecule has 0 spiro atoms. The summed E-state index contributed by atoms with van der Waals surface area (Å²) in [4.78, 5) is 0. The zero-order valence-corrected chi connectivity index (χ0v) is 4.90. The van der Waals surface area contributed by atoms with Gasteiger partial charge in [-0.1, -0.05) is 0 Å². The number of hydrogen-bond acceptors (Lipinski definition) is 1. The van der Waals surface area contributed by atoms with Crippen molar-refractivity contribution in [1.82, 2.24) is 0 Å². The minimum atomic E-state index is -0.361. The number of hydrogen-bond donors (Lipinski definition) is 0. The molecular formula is C4H2BrFO. The molecule has 0 aromatic carbocycles. The molecule has 1 aromatic heterocycles. The van der Waals surface area contributed by atoms with E-state index < -0.39 is 0 Å². The Bertz CT molecular complexity index is 144. The fraction of sp³-hybridized carbons (Fsp3) is 0. The van der Waals surface area contributed by atoms with Crippen molar-refractivity contribution in [2.24, 2.45) is 0 Å². The monoisotopic (exact) mass is 164 g/mol. The Kier molecular flexibility index (Phi) is 1.15. The van der Waals surface area contributed by atoms with Crippen molar-refractivity contribution in [2.75, 3.05) is 0 Å². The highest BCUT2D eigenvalue weighted by Crippen LogP contribution is 2.13. The van der Waals surface area contributed by atoms with Gasteiger partial charge in [-0.15, -0.1) is 0 Å². The van der Waals surface area contributed by atoms with Crippen molar-refractivity contribution in [3.8, 4) is 0 Å². The normalized spacial score (nSPS) is 9.43. The maximum atomic E-state index is 11.9. The maximum Gasteiger partial charge on any atom is 0.204 e. The van der Waals surface area contributed by atoms with E-state index in [0.717, 1.165) is 0 Å². The Balaban J connectivity index is 3.12. The van der Waals surface area contributed by atoms with E-state index in [2.05, 4.69) is 20.3 Å². The van der Waals surface area contributed by atoms with Gasteiger partial charge in [0.2, 0.25) is 4.67 Å². The third-order valence-electron chi connectivity index (χ3n) is 0.574. The standard InChI is InChI=1S/C4H2BrFO/c5-4-3(6)1-2-7-4/h1-2H. The number of furan rings is 1. The van der Waals surface area contributed by atoms with Crippen molar-refractivity contribution in [2.45, 2.75) is 0 Å².